The van der Waals surface area contributed by atoms with Gasteiger partial charge in [0.1, 0.15) is 0 Å². The third kappa shape index (κ3) is 3.58. The van der Waals surface area contributed by atoms with Gasteiger partial charge in [-0.25, -0.2) is 0 Å². The van der Waals surface area contributed by atoms with Gasteiger partial charge in [0.2, 0.25) is 0 Å². The highest BCUT2D eigenvalue weighted by atomic mass is 32.1. The molecule has 92 valence electrons. The van der Waals surface area contributed by atoms with Crippen LogP contribution in [0, 0.1) is 11.8 Å². The topological polar surface area (TPSA) is 29.3 Å². The van der Waals surface area contributed by atoms with Crippen LogP contribution in [0.1, 0.15) is 31.7 Å². The molecule has 1 rings (SSSR count). The molecule has 0 aliphatic rings. The summed E-state index contributed by atoms with van der Waals surface area (Å²) in [6, 6.07) is 4.82. The molecule has 1 aromatic rings. The smallest absolute Gasteiger partial charge is 0.0410 e. The standard InChI is InChI=1S/C13H24N2S/c1-10(2)12(8-14)9-15(4)11(3)13-6-5-7-16-13/h5-7,10-12H,8-9,14H2,1-4H3. The van der Waals surface area contributed by atoms with Crippen LogP contribution in [-0.4, -0.2) is 25.0 Å². The molecule has 0 fully saturated rings. The van der Waals surface area contributed by atoms with Gasteiger partial charge in [0.15, 0.2) is 0 Å². The Labute approximate surface area is 103 Å². The van der Waals surface area contributed by atoms with Crippen LogP contribution >= 0.6 is 11.3 Å². The van der Waals surface area contributed by atoms with Gasteiger partial charge in [-0.3, -0.25) is 4.90 Å². The minimum Gasteiger partial charge on any atom is -0.330 e. The fourth-order valence-electron chi connectivity index (χ4n) is 1.83. The Morgan fingerprint density at radius 3 is 2.50 bits per heavy atom. The Kier molecular flexibility index (Phi) is 5.46. The van der Waals surface area contributed by atoms with E-state index in [0.29, 0.717) is 17.9 Å². The van der Waals surface area contributed by atoms with E-state index < -0.39 is 0 Å². The third-order valence-electron chi connectivity index (χ3n) is 3.38. The molecule has 0 aliphatic carbocycles. The summed E-state index contributed by atoms with van der Waals surface area (Å²) in [6.07, 6.45) is 0. The Morgan fingerprint density at radius 2 is 2.06 bits per heavy atom. The number of hydrogen-bond donors (Lipinski definition) is 1. The van der Waals surface area contributed by atoms with Crippen LogP contribution in [-0.2, 0) is 0 Å². The zero-order chi connectivity index (χ0) is 12.1. The first-order chi connectivity index (χ1) is 7.56. The van der Waals surface area contributed by atoms with Crippen molar-refractivity contribution < 1.29 is 0 Å². The molecule has 16 heavy (non-hydrogen) atoms. The van der Waals surface area contributed by atoms with Crippen molar-refractivity contribution in [3.8, 4) is 0 Å². The van der Waals surface area contributed by atoms with Crippen LogP contribution in [0.25, 0.3) is 0 Å². The van der Waals surface area contributed by atoms with Crippen LogP contribution in [0.15, 0.2) is 17.5 Å². The highest BCUT2D eigenvalue weighted by Crippen LogP contribution is 2.24. The van der Waals surface area contributed by atoms with Gasteiger partial charge >= 0.3 is 0 Å². The predicted octanol–water partition coefficient (Wildman–Crippen LogP) is 2.97. The number of nitrogens with two attached hydrogens (primary N) is 1. The minimum absolute atomic E-state index is 0.493. The maximum Gasteiger partial charge on any atom is 0.0410 e. The molecule has 0 saturated heterocycles. The Balaban J connectivity index is 2.54. The zero-order valence-electron chi connectivity index (χ0n) is 10.8. The number of rotatable bonds is 6. The highest BCUT2D eigenvalue weighted by molar-refractivity contribution is 7.10. The second kappa shape index (κ2) is 6.38. The molecular formula is C13H24N2S. The molecule has 2 atom stereocenters. The van der Waals surface area contributed by atoms with Gasteiger partial charge in [-0.1, -0.05) is 19.9 Å². The lowest BCUT2D eigenvalue weighted by molar-refractivity contribution is 0.198. The Bertz CT molecular complexity index is 282. The molecule has 3 heteroatoms. The van der Waals surface area contributed by atoms with Gasteiger partial charge < -0.3 is 5.73 Å². The van der Waals surface area contributed by atoms with E-state index in [-0.39, 0.29) is 0 Å². The lowest BCUT2D eigenvalue weighted by atomic mass is 9.95. The van der Waals surface area contributed by atoms with Gasteiger partial charge in [-0.05, 0) is 43.8 Å². The van der Waals surface area contributed by atoms with Crippen LogP contribution in [0.4, 0.5) is 0 Å². The van der Waals surface area contributed by atoms with Gasteiger partial charge in [0, 0.05) is 17.5 Å². The van der Waals surface area contributed by atoms with Crippen molar-refractivity contribution in [3.63, 3.8) is 0 Å². The second-order valence-electron chi connectivity index (χ2n) is 4.87. The molecule has 0 saturated carbocycles. The largest absolute Gasteiger partial charge is 0.330 e. The van der Waals surface area contributed by atoms with Crippen molar-refractivity contribution in [3.05, 3.63) is 22.4 Å². The van der Waals surface area contributed by atoms with Crippen LogP contribution in [0.3, 0.4) is 0 Å². The number of hydrogen-bond acceptors (Lipinski definition) is 3. The molecule has 2 N–H and O–H groups in total. The van der Waals surface area contributed by atoms with Crippen molar-refractivity contribution >= 4 is 11.3 Å². The molecule has 0 aliphatic heterocycles. The molecule has 0 aromatic carbocycles. The average Bonchev–Trinajstić information content (AvgIpc) is 2.77. The Hall–Kier alpha value is -0.380. The second-order valence-corrected chi connectivity index (χ2v) is 5.85. The summed E-state index contributed by atoms with van der Waals surface area (Å²) in [5, 5.41) is 2.14. The summed E-state index contributed by atoms with van der Waals surface area (Å²) in [5.74, 6) is 1.25. The fraction of sp³-hybridized carbons (Fsp3) is 0.692. The minimum atomic E-state index is 0.493. The first-order valence-corrected chi connectivity index (χ1v) is 6.88. The lowest BCUT2D eigenvalue weighted by Gasteiger charge is -2.29. The van der Waals surface area contributed by atoms with E-state index in [9.17, 15) is 0 Å². The van der Waals surface area contributed by atoms with Gasteiger partial charge in [0.05, 0.1) is 0 Å². The zero-order valence-corrected chi connectivity index (χ0v) is 11.6. The highest BCUT2D eigenvalue weighted by Gasteiger charge is 2.18. The molecule has 2 unspecified atom stereocenters. The normalized spacial score (nSPS) is 15.7. The van der Waals surface area contributed by atoms with E-state index >= 15 is 0 Å². The van der Waals surface area contributed by atoms with Crippen LogP contribution < -0.4 is 5.73 Å². The molecule has 1 aromatic heterocycles. The van der Waals surface area contributed by atoms with E-state index in [1.807, 2.05) is 11.3 Å². The summed E-state index contributed by atoms with van der Waals surface area (Å²) in [6.45, 7) is 8.62. The summed E-state index contributed by atoms with van der Waals surface area (Å²) >= 11 is 1.83. The van der Waals surface area contributed by atoms with Crippen molar-refractivity contribution in [1.29, 1.82) is 0 Å². The third-order valence-corrected chi connectivity index (χ3v) is 4.43. The van der Waals surface area contributed by atoms with E-state index in [0.717, 1.165) is 13.1 Å². The van der Waals surface area contributed by atoms with Crippen molar-refractivity contribution in [1.82, 2.24) is 4.90 Å². The summed E-state index contributed by atoms with van der Waals surface area (Å²) in [5.41, 5.74) is 5.82. The quantitative estimate of drug-likeness (QED) is 0.828. The molecule has 0 radical (unpaired) electrons. The van der Waals surface area contributed by atoms with Crippen LogP contribution in [0.5, 0.6) is 0 Å². The van der Waals surface area contributed by atoms with Crippen molar-refractivity contribution in [2.75, 3.05) is 20.1 Å². The summed E-state index contributed by atoms with van der Waals surface area (Å²) < 4.78 is 0. The SMILES string of the molecule is CC(C)C(CN)CN(C)C(C)c1cccs1. The molecule has 1 heterocycles. The predicted molar refractivity (Wildman–Crippen MR) is 72.7 cm³/mol. The maximum absolute atomic E-state index is 5.82. The molecule has 0 spiro atoms. The number of nitrogens with zero attached hydrogens (tertiary/aromatic N) is 1. The van der Waals surface area contributed by atoms with Crippen LogP contribution in [0.2, 0.25) is 0 Å². The van der Waals surface area contributed by atoms with E-state index in [2.05, 4.69) is 50.2 Å². The molecule has 0 bridgehead atoms. The fourth-order valence-corrected chi connectivity index (χ4v) is 2.68. The molecule has 0 amide bonds. The molecular weight excluding hydrogens is 216 g/mol. The van der Waals surface area contributed by atoms with Crippen molar-refractivity contribution in [2.45, 2.75) is 26.8 Å². The maximum atomic E-state index is 5.82. The number of thiophene rings is 1. The Morgan fingerprint density at radius 1 is 1.38 bits per heavy atom. The van der Waals surface area contributed by atoms with Gasteiger partial charge in [0.25, 0.3) is 0 Å². The monoisotopic (exact) mass is 240 g/mol. The van der Waals surface area contributed by atoms with E-state index in [1.54, 1.807) is 0 Å². The summed E-state index contributed by atoms with van der Waals surface area (Å²) in [4.78, 5) is 3.84. The van der Waals surface area contributed by atoms with Crippen molar-refractivity contribution in [2.24, 2.45) is 17.6 Å². The first kappa shape index (κ1) is 13.7. The average molecular weight is 240 g/mol. The lowest BCUT2D eigenvalue weighted by Crippen LogP contribution is -2.34. The molecule has 2 nitrogen and oxygen atoms in total. The van der Waals surface area contributed by atoms with E-state index in [1.165, 1.54) is 4.88 Å². The summed E-state index contributed by atoms with van der Waals surface area (Å²) in [7, 11) is 2.19. The first-order valence-electron chi connectivity index (χ1n) is 6.00. The van der Waals surface area contributed by atoms with E-state index in [4.69, 9.17) is 5.73 Å². The van der Waals surface area contributed by atoms with Gasteiger partial charge in [-0.15, -0.1) is 11.3 Å². The van der Waals surface area contributed by atoms with Gasteiger partial charge in [-0.2, -0.15) is 0 Å².